The Kier molecular flexibility index (Phi) is 7.36. The normalized spacial score (nSPS) is 19.9. The molecule has 2 atom stereocenters. The van der Waals surface area contributed by atoms with Gasteiger partial charge in [0.15, 0.2) is 0 Å². The molecule has 2 aromatic carbocycles. The zero-order chi connectivity index (χ0) is 25.3. The van der Waals surface area contributed by atoms with Crippen molar-refractivity contribution in [3.05, 3.63) is 70.9 Å². The second-order valence-electron chi connectivity index (χ2n) is 10.9. The van der Waals surface area contributed by atoms with Crippen LogP contribution >= 0.6 is 0 Å². The first-order valence-corrected chi connectivity index (χ1v) is 12.6. The van der Waals surface area contributed by atoms with Gasteiger partial charge in [0.2, 0.25) is 0 Å². The van der Waals surface area contributed by atoms with Gasteiger partial charge in [-0.2, -0.15) is 0 Å². The molecule has 1 saturated heterocycles. The summed E-state index contributed by atoms with van der Waals surface area (Å²) in [5.41, 5.74) is 4.58. The van der Waals surface area contributed by atoms with E-state index in [1.54, 1.807) is 12.1 Å². The number of carboxylic acids is 1. The largest absolute Gasteiger partial charge is 0.478 e. The van der Waals surface area contributed by atoms with Crippen molar-refractivity contribution in [3.8, 4) is 0 Å². The van der Waals surface area contributed by atoms with Crippen molar-refractivity contribution in [1.82, 2.24) is 14.4 Å². The van der Waals surface area contributed by atoms with E-state index in [0.717, 1.165) is 38.2 Å². The molecule has 1 aliphatic rings. The lowest BCUT2D eigenvalue weighted by molar-refractivity contribution is -0.0287. The maximum absolute atomic E-state index is 11.2. The van der Waals surface area contributed by atoms with Crippen LogP contribution in [0.3, 0.4) is 0 Å². The molecule has 188 valence electrons. The molecule has 6 nitrogen and oxygen atoms in total. The standard InChI is InChI=1S/C29H39N3O3/c1-20-17-30(18-21(2)32(20)19-29(4,5)35)14-15-31-22(3)26(25-8-6-7-9-27(25)31)16-23-10-12-24(13-11-23)28(33)34/h6-13,20-21,35H,14-19H2,1-5H3,(H,33,34)/t20-,21+. The number of rotatable bonds is 8. The number of aliphatic hydroxyl groups is 1. The molecule has 4 rings (SSSR count). The molecule has 2 N–H and O–H groups in total. The molecule has 0 unspecified atom stereocenters. The molecule has 0 radical (unpaired) electrons. The Labute approximate surface area is 208 Å². The Balaban J connectivity index is 1.50. The van der Waals surface area contributed by atoms with Gasteiger partial charge in [-0.25, -0.2) is 4.79 Å². The van der Waals surface area contributed by atoms with E-state index in [1.807, 2.05) is 26.0 Å². The minimum Gasteiger partial charge on any atom is -0.478 e. The second kappa shape index (κ2) is 10.1. The van der Waals surface area contributed by atoms with Gasteiger partial charge in [-0.15, -0.1) is 0 Å². The van der Waals surface area contributed by atoms with Gasteiger partial charge in [0, 0.05) is 61.4 Å². The zero-order valence-electron chi connectivity index (χ0n) is 21.7. The van der Waals surface area contributed by atoms with Gasteiger partial charge in [-0.3, -0.25) is 9.80 Å². The first kappa shape index (κ1) is 25.4. The third-order valence-corrected chi connectivity index (χ3v) is 7.33. The van der Waals surface area contributed by atoms with E-state index in [2.05, 4.69) is 59.4 Å². The van der Waals surface area contributed by atoms with Gasteiger partial charge in [0.25, 0.3) is 0 Å². The lowest BCUT2D eigenvalue weighted by Crippen LogP contribution is -2.59. The fraction of sp³-hybridized carbons (Fsp3) is 0.483. The first-order chi connectivity index (χ1) is 16.5. The predicted octanol–water partition coefficient (Wildman–Crippen LogP) is 4.40. The van der Waals surface area contributed by atoms with Gasteiger partial charge < -0.3 is 14.8 Å². The molecule has 0 bridgehead atoms. The highest BCUT2D eigenvalue weighted by Crippen LogP contribution is 2.28. The van der Waals surface area contributed by atoms with E-state index in [-0.39, 0.29) is 0 Å². The number of β-amino-alcohol motifs (C(OH)–C–C–N with tert-alkyl or cyclic N) is 1. The van der Waals surface area contributed by atoms with Crippen molar-refractivity contribution in [2.45, 2.75) is 65.3 Å². The molecule has 35 heavy (non-hydrogen) atoms. The number of fused-ring (bicyclic) bond motifs is 1. The molecule has 1 aliphatic heterocycles. The van der Waals surface area contributed by atoms with E-state index >= 15 is 0 Å². The van der Waals surface area contributed by atoms with Crippen LogP contribution in [-0.4, -0.2) is 74.4 Å². The minimum absolute atomic E-state index is 0.319. The smallest absolute Gasteiger partial charge is 0.335 e. The summed E-state index contributed by atoms with van der Waals surface area (Å²) in [6, 6.07) is 16.6. The number of hydrogen-bond acceptors (Lipinski definition) is 4. The summed E-state index contributed by atoms with van der Waals surface area (Å²) in [4.78, 5) is 16.2. The number of hydrogen-bond donors (Lipinski definition) is 2. The van der Waals surface area contributed by atoms with Crippen LogP contribution < -0.4 is 0 Å². The highest BCUT2D eigenvalue weighted by molar-refractivity contribution is 5.88. The molecule has 0 aliphatic carbocycles. The van der Waals surface area contributed by atoms with Crippen molar-refractivity contribution >= 4 is 16.9 Å². The summed E-state index contributed by atoms with van der Waals surface area (Å²) in [5.74, 6) is -0.895. The molecule has 1 aromatic heterocycles. The van der Waals surface area contributed by atoms with Crippen LogP contribution in [-0.2, 0) is 13.0 Å². The summed E-state index contributed by atoms with van der Waals surface area (Å²) in [7, 11) is 0. The van der Waals surface area contributed by atoms with E-state index in [1.165, 1.54) is 22.2 Å². The molecule has 0 spiro atoms. The number of aromatic carboxylic acids is 1. The van der Waals surface area contributed by atoms with Crippen LogP contribution in [0.25, 0.3) is 10.9 Å². The number of piperazine rings is 1. The molecular weight excluding hydrogens is 438 g/mol. The zero-order valence-corrected chi connectivity index (χ0v) is 21.7. The van der Waals surface area contributed by atoms with E-state index in [9.17, 15) is 15.0 Å². The molecule has 0 saturated carbocycles. The second-order valence-corrected chi connectivity index (χ2v) is 10.9. The quantitative estimate of drug-likeness (QED) is 0.503. The topological polar surface area (TPSA) is 68.9 Å². The fourth-order valence-electron chi connectivity index (χ4n) is 5.63. The summed E-state index contributed by atoms with van der Waals surface area (Å²) < 4.78 is 2.44. The Bertz CT molecular complexity index is 1160. The highest BCUT2D eigenvalue weighted by Gasteiger charge is 2.32. The predicted molar refractivity (Wildman–Crippen MR) is 141 cm³/mol. The average Bonchev–Trinajstić information content (AvgIpc) is 3.05. The van der Waals surface area contributed by atoms with Gasteiger partial charge in [-0.05, 0) is 70.4 Å². The van der Waals surface area contributed by atoms with Crippen LogP contribution in [0.15, 0.2) is 48.5 Å². The lowest BCUT2D eigenvalue weighted by Gasteiger charge is -2.46. The highest BCUT2D eigenvalue weighted by atomic mass is 16.4. The van der Waals surface area contributed by atoms with Crippen molar-refractivity contribution in [1.29, 1.82) is 0 Å². The van der Waals surface area contributed by atoms with Gasteiger partial charge in [0.1, 0.15) is 0 Å². The Morgan fingerprint density at radius 2 is 1.63 bits per heavy atom. The van der Waals surface area contributed by atoms with Gasteiger partial charge >= 0.3 is 5.97 Å². The molecule has 0 amide bonds. The van der Waals surface area contributed by atoms with Crippen LogP contribution in [0.4, 0.5) is 0 Å². The van der Waals surface area contributed by atoms with Crippen molar-refractivity contribution < 1.29 is 15.0 Å². The number of carbonyl (C=O) groups is 1. The van der Waals surface area contributed by atoms with Crippen molar-refractivity contribution in [2.24, 2.45) is 0 Å². The maximum Gasteiger partial charge on any atom is 0.335 e. The summed E-state index contributed by atoms with van der Waals surface area (Å²) in [6.45, 7) is 15.1. The molecular formula is C29H39N3O3. The third-order valence-electron chi connectivity index (χ3n) is 7.33. The molecule has 1 fully saturated rings. The first-order valence-electron chi connectivity index (χ1n) is 12.6. The summed E-state index contributed by atoms with van der Waals surface area (Å²) in [6.07, 6.45) is 0.781. The molecule has 2 heterocycles. The monoisotopic (exact) mass is 477 g/mol. The maximum atomic E-state index is 11.2. The van der Waals surface area contributed by atoms with Crippen molar-refractivity contribution in [3.63, 3.8) is 0 Å². The average molecular weight is 478 g/mol. The van der Waals surface area contributed by atoms with Crippen LogP contribution in [0.1, 0.15) is 54.9 Å². The summed E-state index contributed by atoms with van der Waals surface area (Å²) >= 11 is 0. The fourth-order valence-corrected chi connectivity index (χ4v) is 5.63. The number of carboxylic acid groups (broad SMARTS) is 1. The van der Waals surface area contributed by atoms with E-state index in [4.69, 9.17) is 0 Å². The molecule has 3 aromatic rings. The number of benzene rings is 2. The van der Waals surface area contributed by atoms with Crippen molar-refractivity contribution in [2.75, 3.05) is 26.2 Å². The van der Waals surface area contributed by atoms with Crippen LogP contribution in [0.5, 0.6) is 0 Å². The number of para-hydroxylation sites is 1. The lowest BCUT2D eigenvalue weighted by atomic mass is 10.0. The van der Waals surface area contributed by atoms with Gasteiger partial charge in [0.05, 0.1) is 11.2 Å². The Morgan fingerprint density at radius 1 is 1.00 bits per heavy atom. The number of nitrogens with zero attached hydrogens (tertiary/aromatic N) is 3. The Hall–Kier alpha value is -2.67. The van der Waals surface area contributed by atoms with Gasteiger partial charge in [-0.1, -0.05) is 30.3 Å². The Morgan fingerprint density at radius 3 is 2.23 bits per heavy atom. The van der Waals surface area contributed by atoms with E-state index in [0.29, 0.717) is 24.2 Å². The summed E-state index contributed by atoms with van der Waals surface area (Å²) in [5, 5.41) is 20.8. The van der Waals surface area contributed by atoms with Crippen LogP contribution in [0.2, 0.25) is 0 Å². The van der Waals surface area contributed by atoms with Crippen LogP contribution in [0, 0.1) is 6.92 Å². The van der Waals surface area contributed by atoms with E-state index < -0.39 is 11.6 Å². The minimum atomic E-state index is -0.895. The number of aromatic nitrogens is 1. The third kappa shape index (κ3) is 5.77. The molecule has 6 heteroatoms. The SMILES string of the molecule is Cc1c(Cc2ccc(C(=O)O)cc2)c2ccccc2n1CCN1C[C@@H](C)N(CC(C)(C)O)[C@@H](C)C1.